The molecule has 0 radical (unpaired) electrons. The molecule has 0 saturated carbocycles. The van der Waals surface area contributed by atoms with Gasteiger partial charge in [0.2, 0.25) is 0 Å². The fraction of sp³-hybridized carbons (Fsp3) is 0.222. The minimum absolute atomic E-state index is 0.551. The van der Waals surface area contributed by atoms with E-state index in [9.17, 15) is 0 Å². The standard InChI is InChI=1S/C18H18/c1-11-5-7-15-10-18-14(4)12(2)6-8-16(18)9-17(15)13(11)3/h5-10H,1-4H3/i9D,10D. The van der Waals surface area contributed by atoms with Crippen LogP contribution < -0.4 is 0 Å². The van der Waals surface area contributed by atoms with Crippen molar-refractivity contribution in [2.45, 2.75) is 27.7 Å². The summed E-state index contributed by atoms with van der Waals surface area (Å²) in [5.41, 5.74) is 4.57. The average molecular weight is 236 g/mol. The summed E-state index contributed by atoms with van der Waals surface area (Å²) in [6, 6.07) is 9.17. The first-order valence-corrected chi connectivity index (χ1v) is 6.32. The molecule has 0 unspecified atom stereocenters. The van der Waals surface area contributed by atoms with Crippen molar-refractivity contribution in [3.8, 4) is 0 Å². The molecule has 0 spiro atoms. The van der Waals surface area contributed by atoms with Crippen LogP contribution in [0.1, 0.15) is 25.0 Å². The zero-order valence-electron chi connectivity index (χ0n) is 13.3. The van der Waals surface area contributed by atoms with E-state index in [1.165, 1.54) is 11.1 Å². The number of rotatable bonds is 0. The molecule has 3 rings (SSSR count). The lowest BCUT2D eigenvalue weighted by molar-refractivity contribution is 1.37. The van der Waals surface area contributed by atoms with Gasteiger partial charge in [0.1, 0.15) is 0 Å². The molecule has 0 aromatic heterocycles. The molecule has 3 aromatic rings. The molecule has 0 amide bonds. The molecule has 0 bridgehead atoms. The van der Waals surface area contributed by atoms with Crippen LogP contribution in [0.2, 0.25) is 0 Å². The predicted octanol–water partition coefficient (Wildman–Crippen LogP) is 5.23. The minimum Gasteiger partial charge on any atom is -0.0584 e. The van der Waals surface area contributed by atoms with Crippen LogP contribution >= 0.6 is 0 Å². The molecule has 0 nitrogen and oxygen atoms in total. The van der Waals surface area contributed by atoms with Crippen LogP contribution in [0.25, 0.3) is 21.5 Å². The van der Waals surface area contributed by atoms with E-state index in [4.69, 9.17) is 2.74 Å². The van der Waals surface area contributed by atoms with E-state index in [0.29, 0.717) is 12.1 Å². The van der Waals surface area contributed by atoms with Crippen molar-refractivity contribution < 1.29 is 2.74 Å². The van der Waals surface area contributed by atoms with Crippen LogP contribution in [-0.2, 0) is 0 Å². The number of aryl methyl sites for hydroxylation is 4. The molecule has 0 saturated heterocycles. The van der Waals surface area contributed by atoms with Gasteiger partial charge in [-0.25, -0.2) is 0 Å². The van der Waals surface area contributed by atoms with E-state index in [2.05, 4.69) is 13.8 Å². The van der Waals surface area contributed by atoms with Crippen LogP contribution in [-0.4, -0.2) is 0 Å². The summed E-state index contributed by atoms with van der Waals surface area (Å²) in [6.45, 7) is 8.20. The quantitative estimate of drug-likeness (QED) is 0.469. The Morgan fingerprint density at radius 1 is 0.667 bits per heavy atom. The third-order valence-electron chi connectivity index (χ3n) is 3.99. The van der Waals surface area contributed by atoms with Crippen molar-refractivity contribution in [3.63, 3.8) is 0 Å². The third kappa shape index (κ3) is 1.53. The lowest BCUT2D eigenvalue weighted by Crippen LogP contribution is -1.87. The molecule has 0 atom stereocenters. The summed E-state index contributed by atoms with van der Waals surface area (Å²) in [5, 5.41) is 3.62. The second-order valence-electron chi connectivity index (χ2n) is 5.11. The van der Waals surface area contributed by atoms with Gasteiger partial charge in [-0.15, -0.1) is 0 Å². The van der Waals surface area contributed by atoms with Crippen molar-refractivity contribution in [3.05, 3.63) is 58.6 Å². The Morgan fingerprint density at radius 3 is 1.44 bits per heavy atom. The highest BCUT2D eigenvalue weighted by Crippen LogP contribution is 2.29. The first kappa shape index (κ1) is 9.16. The second kappa shape index (κ2) is 3.84. The Bertz CT molecular complexity index is 787. The third-order valence-corrected chi connectivity index (χ3v) is 3.99. The summed E-state index contributed by atoms with van der Waals surface area (Å²) in [7, 11) is 0. The van der Waals surface area contributed by atoms with E-state index in [1.54, 1.807) is 0 Å². The molecule has 0 aliphatic carbocycles. The zero-order chi connectivity index (χ0) is 14.6. The molecule has 0 N–H and O–H groups in total. The maximum absolute atomic E-state index is 8.55. The van der Waals surface area contributed by atoms with Crippen molar-refractivity contribution in [2.75, 3.05) is 0 Å². The summed E-state index contributed by atoms with van der Waals surface area (Å²) in [5.74, 6) is 0. The summed E-state index contributed by atoms with van der Waals surface area (Å²) in [6.07, 6.45) is 0. The number of hydrogen-bond acceptors (Lipinski definition) is 0. The van der Waals surface area contributed by atoms with Crippen LogP contribution in [0.5, 0.6) is 0 Å². The molecular weight excluding hydrogens is 216 g/mol. The topological polar surface area (TPSA) is 0 Å². The van der Waals surface area contributed by atoms with Gasteiger partial charge in [0.05, 0.1) is 2.74 Å². The maximum Gasteiger partial charge on any atom is 0.0636 e. The molecule has 90 valence electrons. The lowest BCUT2D eigenvalue weighted by Gasteiger charge is -2.10. The smallest absolute Gasteiger partial charge is 0.0584 e. The molecule has 3 aromatic carbocycles. The Morgan fingerprint density at radius 2 is 1.06 bits per heavy atom. The highest BCUT2D eigenvalue weighted by Gasteiger charge is 2.05. The zero-order valence-corrected chi connectivity index (χ0v) is 11.3. The Balaban J connectivity index is 2.68. The van der Waals surface area contributed by atoms with Crippen LogP contribution in [0.15, 0.2) is 36.4 Å². The Labute approximate surface area is 111 Å². The first-order chi connectivity index (χ1) is 9.43. The average Bonchev–Trinajstić information content (AvgIpc) is 2.42. The van der Waals surface area contributed by atoms with Gasteiger partial charge in [-0.1, -0.05) is 24.3 Å². The molecule has 0 heterocycles. The van der Waals surface area contributed by atoms with Crippen molar-refractivity contribution in [1.82, 2.24) is 0 Å². The summed E-state index contributed by atoms with van der Waals surface area (Å²) in [4.78, 5) is 0. The van der Waals surface area contributed by atoms with Crippen LogP contribution in [0.3, 0.4) is 0 Å². The van der Waals surface area contributed by atoms with Crippen molar-refractivity contribution in [2.24, 2.45) is 0 Å². The second-order valence-corrected chi connectivity index (χ2v) is 5.11. The van der Waals surface area contributed by atoms with E-state index in [0.717, 1.165) is 32.7 Å². The SMILES string of the molecule is [2H]c1c2ccc(C)c(C)c2c([2H])c2ccc(C)c(C)c12. The fourth-order valence-corrected chi connectivity index (χ4v) is 2.43. The monoisotopic (exact) mass is 236 g/mol. The van der Waals surface area contributed by atoms with Crippen molar-refractivity contribution >= 4 is 21.5 Å². The molecule has 0 aliphatic heterocycles. The van der Waals surface area contributed by atoms with Crippen LogP contribution in [0.4, 0.5) is 0 Å². The highest BCUT2D eigenvalue weighted by atomic mass is 14.1. The molecule has 0 heteroatoms. The predicted molar refractivity (Wildman–Crippen MR) is 80.4 cm³/mol. The Hall–Kier alpha value is -1.82. The number of benzene rings is 3. The summed E-state index contributed by atoms with van der Waals surface area (Å²) < 4.78 is 17.1. The van der Waals surface area contributed by atoms with E-state index in [1.807, 2.05) is 38.1 Å². The lowest BCUT2D eigenvalue weighted by atomic mass is 9.94. The van der Waals surface area contributed by atoms with Gasteiger partial charge in [0, 0.05) is 0 Å². The van der Waals surface area contributed by atoms with E-state index >= 15 is 0 Å². The number of hydrogen-bond donors (Lipinski definition) is 0. The highest BCUT2D eigenvalue weighted by molar-refractivity contribution is 6.01. The van der Waals surface area contributed by atoms with Crippen molar-refractivity contribution in [1.29, 1.82) is 0 Å². The minimum atomic E-state index is 0.551. The molecule has 0 aliphatic rings. The van der Waals surface area contributed by atoms with Gasteiger partial charge < -0.3 is 0 Å². The van der Waals surface area contributed by atoms with Gasteiger partial charge in [-0.3, -0.25) is 0 Å². The van der Waals surface area contributed by atoms with Crippen LogP contribution in [0, 0.1) is 27.7 Å². The normalized spacial score (nSPS) is 12.9. The van der Waals surface area contributed by atoms with E-state index < -0.39 is 0 Å². The first-order valence-electron chi connectivity index (χ1n) is 7.32. The number of fused-ring (bicyclic) bond motifs is 2. The summed E-state index contributed by atoms with van der Waals surface area (Å²) >= 11 is 0. The molecule has 18 heavy (non-hydrogen) atoms. The fourth-order valence-electron chi connectivity index (χ4n) is 2.43. The maximum atomic E-state index is 8.55. The Kier molecular flexibility index (Phi) is 1.96. The van der Waals surface area contributed by atoms with Gasteiger partial charge in [-0.05, 0) is 83.6 Å². The van der Waals surface area contributed by atoms with Gasteiger partial charge in [-0.2, -0.15) is 0 Å². The molecule has 0 fully saturated rings. The van der Waals surface area contributed by atoms with Gasteiger partial charge >= 0.3 is 0 Å². The molecular formula is C18H18. The largest absolute Gasteiger partial charge is 0.0636 e. The van der Waals surface area contributed by atoms with E-state index in [-0.39, 0.29) is 0 Å². The van der Waals surface area contributed by atoms with Gasteiger partial charge in [0.25, 0.3) is 0 Å². The van der Waals surface area contributed by atoms with Gasteiger partial charge in [0.15, 0.2) is 0 Å².